The predicted octanol–water partition coefficient (Wildman–Crippen LogP) is 3.64. The molecule has 7 nitrogen and oxygen atoms in total. The average molecular weight is 484 g/mol. The highest BCUT2D eigenvalue weighted by Crippen LogP contribution is 2.18. The van der Waals surface area contributed by atoms with Crippen molar-refractivity contribution in [1.29, 1.82) is 0 Å². The van der Waals surface area contributed by atoms with Gasteiger partial charge < -0.3 is 10.1 Å². The van der Waals surface area contributed by atoms with Crippen LogP contribution in [0.4, 0.5) is 15.8 Å². The van der Waals surface area contributed by atoms with Crippen LogP contribution in [0.25, 0.3) is 0 Å². The van der Waals surface area contributed by atoms with Crippen molar-refractivity contribution < 1.29 is 22.3 Å². The van der Waals surface area contributed by atoms with Crippen LogP contribution in [-0.4, -0.2) is 45.5 Å². The zero-order valence-electron chi connectivity index (χ0n) is 18.5. The molecule has 2 N–H and O–H groups in total. The summed E-state index contributed by atoms with van der Waals surface area (Å²) in [5, 5.41) is 2.92. The van der Waals surface area contributed by atoms with E-state index in [0.29, 0.717) is 5.69 Å². The van der Waals surface area contributed by atoms with Gasteiger partial charge in [0.2, 0.25) is 5.91 Å². The van der Waals surface area contributed by atoms with E-state index < -0.39 is 15.8 Å². The van der Waals surface area contributed by atoms with E-state index in [1.54, 1.807) is 24.3 Å². The number of ether oxygens (including phenoxy) is 1. The first kappa shape index (κ1) is 23.9. The van der Waals surface area contributed by atoms with Crippen molar-refractivity contribution in [2.45, 2.75) is 17.9 Å². The summed E-state index contributed by atoms with van der Waals surface area (Å²) < 4.78 is 45.7. The number of anilines is 2. The van der Waals surface area contributed by atoms with Crippen LogP contribution in [0.15, 0.2) is 77.7 Å². The van der Waals surface area contributed by atoms with E-state index in [1.807, 2.05) is 24.3 Å². The molecule has 0 aromatic heterocycles. The number of morpholine rings is 1. The smallest absolute Gasteiger partial charge is 0.261 e. The molecular formula is C25H26FN3O4S. The maximum Gasteiger partial charge on any atom is 0.261 e. The molecule has 1 amide bonds. The standard InChI is InChI=1S/C25H26FN3O4S/c26-21-6-10-24(11-7-21)34(31,32)28-22-8-4-19(5-9-22)17-25(30)27-23-3-1-2-20(16-23)18-29-12-14-33-15-13-29/h1-11,16,28H,12-15,17-18H2,(H,27,30). The number of halogens is 1. The fourth-order valence-corrected chi connectivity index (χ4v) is 4.73. The molecule has 9 heteroatoms. The lowest BCUT2D eigenvalue weighted by Crippen LogP contribution is -2.35. The number of sulfonamides is 1. The second-order valence-electron chi connectivity index (χ2n) is 8.07. The Labute approximate surface area is 198 Å². The Morgan fingerprint density at radius 1 is 0.912 bits per heavy atom. The van der Waals surface area contributed by atoms with E-state index >= 15 is 0 Å². The summed E-state index contributed by atoms with van der Waals surface area (Å²) in [6.07, 6.45) is 0.151. The van der Waals surface area contributed by atoms with Crippen LogP contribution < -0.4 is 10.0 Å². The molecule has 0 aliphatic carbocycles. The van der Waals surface area contributed by atoms with E-state index in [0.717, 1.165) is 61.8 Å². The van der Waals surface area contributed by atoms with Gasteiger partial charge in [-0.15, -0.1) is 0 Å². The van der Waals surface area contributed by atoms with Gasteiger partial charge in [-0.05, 0) is 59.7 Å². The maximum atomic E-state index is 13.0. The monoisotopic (exact) mass is 483 g/mol. The molecule has 0 saturated carbocycles. The van der Waals surface area contributed by atoms with Crippen molar-refractivity contribution in [3.05, 3.63) is 89.7 Å². The van der Waals surface area contributed by atoms with Crippen LogP contribution in [0, 0.1) is 5.82 Å². The van der Waals surface area contributed by atoms with E-state index in [-0.39, 0.29) is 17.2 Å². The van der Waals surface area contributed by atoms with Crippen molar-refractivity contribution in [2.24, 2.45) is 0 Å². The number of carbonyl (C=O) groups excluding carboxylic acids is 1. The molecule has 0 spiro atoms. The van der Waals surface area contributed by atoms with Gasteiger partial charge >= 0.3 is 0 Å². The maximum absolute atomic E-state index is 13.0. The SMILES string of the molecule is O=C(Cc1ccc(NS(=O)(=O)c2ccc(F)cc2)cc1)Nc1cccc(CN2CCOCC2)c1. The molecule has 0 radical (unpaired) electrons. The molecule has 3 aromatic rings. The van der Waals surface area contributed by atoms with Gasteiger partial charge in [0.05, 0.1) is 24.5 Å². The number of carbonyl (C=O) groups is 1. The molecule has 1 saturated heterocycles. The minimum atomic E-state index is -3.83. The molecule has 0 bridgehead atoms. The Hall–Kier alpha value is -3.27. The normalized spacial score (nSPS) is 14.5. The summed E-state index contributed by atoms with van der Waals surface area (Å²) in [4.78, 5) is 14.8. The lowest BCUT2D eigenvalue weighted by Gasteiger charge is -2.26. The van der Waals surface area contributed by atoms with E-state index in [1.165, 1.54) is 12.1 Å². The van der Waals surface area contributed by atoms with Crippen LogP contribution >= 0.6 is 0 Å². The summed E-state index contributed by atoms with van der Waals surface area (Å²) >= 11 is 0. The third-order valence-electron chi connectivity index (χ3n) is 5.42. The van der Waals surface area contributed by atoms with Gasteiger partial charge in [0.1, 0.15) is 5.82 Å². The van der Waals surface area contributed by atoms with Crippen LogP contribution in [0.5, 0.6) is 0 Å². The van der Waals surface area contributed by atoms with Gasteiger partial charge in [-0.1, -0.05) is 24.3 Å². The second kappa shape index (κ2) is 10.8. The molecule has 178 valence electrons. The highest BCUT2D eigenvalue weighted by Gasteiger charge is 2.15. The van der Waals surface area contributed by atoms with Crippen LogP contribution in [0.1, 0.15) is 11.1 Å². The fraction of sp³-hybridized carbons (Fsp3) is 0.240. The van der Waals surface area contributed by atoms with Crippen molar-refractivity contribution in [1.82, 2.24) is 4.90 Å². The molecule has 0 unspecified atom stereocenters. The molecule has 1 aliphatic rings. The molecular weight excluding hydrogens is 457 g/mol. The summed E-state index contributed by atoms with van der Waals surface area (Å²) in [5.41, 5.74) is 2.95. The number of nitrogens with one attached hydrogen (secondary N) is 2. The summed E-state index contributed by atoms with van der Waals surface area (Å²) in [6, 6.07) is 18.9. The molecule has 1 fully saturated rings. The highest BCUT2D eigenvalue weighted by molar-refractivity contribution is 7.92. The number of rotatable bonds is 8. The van der Waals surface area contributed by atoms with Gasteiger partial charge in [0.25, 0.3) is 10.0 Å². The van der Waals surface area contributed by atoms with Crippen molar-refractivity contribution in [3.8, 4) is 0 Å². The minimum Gasteiger partial charge on any atom is -0.379 e. The minimum absolute atomic E-state index is 0.0341. The van der Waals surface area contributed by atoms with Crippen LogP contribution in [0.2, 0.25) is 0 Å². The Bertz CT molecular complexity index is 1230. The first-order valence-corrected chi connectivity index (χ1v) is 12.4. The average Bonchev–Trinajstić information content (AvgIpc) is 2.81. The van der Waals surface area contributed by atoms with Gasteiger partial charge in [-0.3, -0.25) is 14.4 Å². The van der Waals surface area contributed by atoms with Gasteiger partial charge in [0.15, 0.2) is 0 Å². The quantitative estimate of drug-likeness (QED) is 0.511. The Morgan fingerprint density at radius 2 is 1.62 bits per heavy atom. The van der Waals surface area contributed by atoms with Crippen molar-refractivity contribution in [2.75, 3.05) is 36.3 Å². The highest BCUT2D eigenvalue weighted by atomic mass is 32.2. The first-order chi connectivity index (χ1) is 16.4. The van der Waals surface area contributed by atoms with Gasteiger partial charge in [-0.2, -0.15) is 0 Å². The van der Waals surface area contributed by atoms with E-state index in [2.05, 4.69) is 14.9 Å². The third kappa shape index (κ3) is 6.63. The molecule has 4 rings (SSSR count). The predicted molar refractivity (Wildman–Crippen MR) is 129 cm³/mol. The second-order valence-corrected chi connectivity index (χ2v) is 9.75. The molecule has 34 heavy (non-hydrogen) atoms. The summed E-state index contributed by atoms with van der Waals surface area (Å²) in [5.74, 6) is -0.673. The topological polar surface area (TPSA) is 87.7 Å². The Kier molecular flexibility index (Phi) is 7.56. The summed E-state index contributed by atoms with van der Waals surface area (Å²) in [6.45, 7) is 4.08. The molecule has 1 aliphatic heterocycles. The fourth-order valence-electron chi connectivity index (χ4n) is 3.67. The van der Waals surface area contributed by atoms with Gasteiger partial charge in [-0.25, -0.2) is 12.8 Å². The first-order valence-electron chi connectivity index (χ1n) is 10.9. The number of amides is 1. The van der Waals surface area contributed by atoms with Crippen LogP contribution in [0.3, 0.4) is 0 Å². The van der Waals surface area contributed by atoms with E-state index in [4.69, 9.17) is 4.74 Å². The number of hydrogen-bond acceptors (Lipinski definition) is 5. The molecule has 0 atom stereocenters. The largest absolute Gasteiger partial charge is 0.379 e. The van der Waals surface area contributed by atoms with Gasteiger partial charge in [0, 0.05) is 31.0 Å². The summed E-state index contributed by atoms with van der Waals surface area (Å²) in [7, 11) is -3.83. The van der Waals surface area contributed by atoms with Crippen molar-refractivity contribution >= 4 is 27.3 Å². The Balaban J connectivity index is 1.32. The van der Waals surface area contributed by atoms with Crippen molar-refractivity contribution in [3.63, 3.8) is 0 Å². The molecule has 1 heterocycles. The zero-order chi connectivity index (χ0) is 24.0. The number of benzene rings is 3. The van der Waals surface area contributed by atoms with Crippen LogP contribution in [-0.2, 0) is 32.5 Å². The lowest BCUT2D eigenvalue weighted by molar-refractivity contribution is -0.115. The van der Waals surface area contributed by atoms with E-state index in [9.17, 15) is 17.6 Å². The molecule has 3 aromatic carbocycles. The lowest BCUT2D eigenvalue weighted by atomic mass is 10.1. The third-order valence-corrected chi connectivity index (χ3v) is 6.81. The Morgan fingerprint density at radius 3 is 2.32 bits per heavy atom. The number of hydrogen-bond donors (Lipinski definition) is 2. The zero-order valence-corrected chi connectivity index (χ0v) is 19.4. The number of nitrogens with zero attached hydrogens (tertiary/aromatic N) is 1.